The largest absolute Gasteiger partial charge is 0.465 e. The van der Waals surface area contributed by atoms with Crippen molar-refractivity contribution in [3.05, 3.63) is 33.4 Å². The summed E-state index contributed by atoms with van der Waals surface area (Å²) in [5.41, 5.74) is 1.46. The van der Waals surface area contributed by atoms with E-state index in [0.717, 1.165) is 44.0 Å². The lowest BCUT2D eigenvalue weighted by molar-refractivity contribution is -0.385. The van der Waals surface area contributed by atoms with E-state index in [4.69, 9.17) is 0 Å². The normalized spacial score (nSPS) is 14.6. The Bertz CT molecular complexity index is 581. The van der Waals surface area contributed by atoms with Gasteiger partial charge in [0.1, 0.15) is 5.56 Å². The highest BCUT2D eigenvalue weighted by Gasteiger charge is 2.26. The fraction of sp³-hybridized carbons (Fsp3) is 0.588. The number of hydrogen-bond acceptors (Lipinski definition) is 6. The fourth-order valence-corrected chi connectivity index (χ4v) is 2.75. The molecule has 1 aromatic rings. The number of nitro groups is 1. The van der Waals surface area contributed by atoms with Gasteiger partial charge in [0.05, 0.1) is 12.0 Å². The van der Waals surface area contributed by atoms with Crippen molar-refractivity contribution < 1.29 is 14.5 Å². The SMILES string of the molecule is CC.CCN1CCN(c2cc(C(=O)OC)c([N+](=O)[O-])cc2C)CC1. The minimum Gasteiger partial charge on any atom is -0.465 e. The molecule has 0 aliphatic carbocycles. The minimum atomic E-state index is -0.680. The number of methoxy groups -OCH3 is 1. The molecule has 0 amide bonds. The third-order valence-electron chi connectivity index (χ3n) is 4.08. The molecule has 0 radical (unpaired) electrons. The van der Waals surface area contributed by atoms with Crippen LogP contribution in [-0.4, -0.2) is 55.6 Å². The molecule has 1 aromatic carbocycles. The average Bonchev–Trinajstić information content (AvgIpc) is 2.62. The lowest BCUT2D eigenvalue weighted by Crippen LogP contribution is -2.46. The van der Waals surface area contributed by atoms with Gasteiger partial charge in [0.15, 0.2) is 0 Å². The Labute approximate surface area is 143 Å². The number of esters is 1. The zero-order valence-electron chi connectivity index (χ0n) is 15.2. The number of nitrogens with zero attached hydrogens (tertiary/aromatic N) is 3. The standard InChI is InChI=1S/C15H21N3O4.C2H6/c1-4-16-5-7-17(8-6-16)13-10-12(15(19)22-3)14(18(20)21)9-11(13)2;1-2/h9-10H,4-8H2,1-3H3;1-2H3. The van der Waals surface area contributed by atoms with Crippen LogP contribution in [0.1, 0.15) is 36.7 Å². The zero-order chi connectivity index (χ0) is 18.3. The van der Waals surface area contributed by atoms with Crippen LogP contribution >= 0.6 is 0 Å². The monoisotopic (exact) mass is 337 g/mol. The van der Waals surface area contributed by atoms with Crippen molar-refractivity contribution in [2.24, 2.45) is 0 Å². The smallest absolute Gasteiger partial charge is 0.344 e. The van der Waals surface area contributed by atoms with E-state index in [2.05, 4.69) is 21.5 Å². The van der Waals surface area contributed by atoms with Gasteiger partial charge in [-0.1, -0.05) is 20.8 Å². The van der Waals surface area contributed by atoms with E-state index in [-0.39, 0.29) is 11.3 Å². The first-order valence-electron chi connectivity index (χ1n) is 8.32. The number of piperazine rings is 1. The minimum absolute atomic E-state index is 0.00558. The van der Waals surface area contributed by atoms with E-state index >= 15 is 0 Å². The molecule has 24 heavy (non-hydrogen) atoms. The van der Waals surface area contributed by atoms with Crippen molar-refractivity contribution >= 4 is 17.3 Å². The van der Waals surface area contributed by atoms with Crippen LogP contribution in [0.4, 0.5) is 11.4 Å². The molecule has 0 spiro atoms. The number of rotatable bonds is 4. The van der Waals surface area contributed by atoms with Crippen molar-refractivity contribution in [1.82, 2.24) is 4.90 Å². The quantitative estimate of drug-likeness (QED) is 0.478. The molecule has 0 bridgehead atoms. The van der Waals surface area contributed by atoms with Crippen molar-refractivity contribution in [3.63, 3.8) is 0 Å². The number of aryl methyl sites for hydroxylation is 1. The Morgan fingerprint density at radius 3 is 2.29 bits per heavy atom. The lowest BCUT2D eigenvalue weighted by Gasteiger charge is -2.36. The third kappa shape index (κ3) is 4.44. The van der Waals surface area contributed by atoms with Crippen molar-refractivity contribution in [1.29, 1.82) is 0 Å². The number of nitro benzene ring substituents is 1. The summed E-state index contributed by atoms with van der Waals surface area (Å²) in [5.74, 6) is -0.680. The number of ether oxygens (including phenoxy) is 1. The average molecular weight is 337 g/mol. The molecule has 7 nitrogen and oxygen atoms in total. The second-order valence-electron chi connectivity index (χ2n) is 5.33. The first kappa shape index (κ1) is 19.9. The van der Waals surface area contributed by atoms with Gasteiger partial charge >= 0.3 is 5.97 Å². The van der Waals surface area contributed by atoms with Gasteiger partial charge in [-0.2, -0.15) is 0 Å². The van der Waals surface area contributed by atoms with Gasteiger partial charge < -0.3 is 14.5 Å². The van der Waals surface area contributed by atoms with Gasteiger partial charge in [0.25, 0.3) is 5.69 Å². The Balaban J connectivity index is 0.00000139. The number of carbonyl (C=O) groups excluding carboxylic acids is 1. The van der Waals surface area contributed by atoms with E-state index in [1.807, 2.05) is 20.8 Å². The number of hydrogen-bond donors (Lipinski definition) is 0. The molecule has 0 atom stereocenters. The third-order valence-corrected chi connectivity index (χ3v) is 4.08. The van der Waals surface area contributed by atoms with Crippen molar-refractivity contribution in [2.45, 2.75) is 27.7 Å². The van der Waals surface area contributed by atoms with Gasteiger partial charge in [-0.25, -0.2) is 4.79 Å². The second kappa shape index (κ2) is 9.22. The Hall–Kier alpha value is -2.15. The maximum Gasteiger partial charge on any atom is 0.344 e. The highest BCUT2D eigenvalue weighted by atomic mass is 16.6. The number of carbonyl (C=O) groups is 1. The summed E-state index contributed by atoms with van der Waals surface area (Å²) in [5, 5.41) is 11.1. The van der Waals surface area contributed by atoms with Crippen LogP contribution < -0.4 is 4.90 Å². The molecule has 1 aliphatic heterocycles. The van der Waals surface area contributed by atoms with E-state index in [9.17, 15) is 14.9 Å². The maximum absolute atomic E-state index is 11.8. The topological polar surface area (TPSA) is 75.9 Å². The van der Waals surface area contributed by atoms with Crippen LogP contribution in [0, 0.1) is 17.0 Å². The molecule has 2 rings (SSSR count). The van der Waals surface area contributed by atoms with Crippen molar-refractivity contribution in [3.8, 4) is 0 Å². The predicted octanol–water partition coefficient (Wildman–Crippen LogP) is 2.86. The lowest BCUT2D eigenvalue weighted by atomic mass is 10.1. The van der Waals surface area contributed by atoms with Gasteiger partial charge in [0.2, 0.25) is 0 Å². The molecule has 0 aromatic heterocycles. The predicted molar refractivity (Wildman–Crippen MR) is 94.8 cm³/mol. The fourth-order valence-electron chi connectivity index (χ4n) is 2.75. The van der Waals surface area contributed by atoms with Gasteiger partial charge in [0, 0.05) is 37.9 Å². The van der Waals surface area contributed by atoms with Crippen LogP contribution in [0.25, 0.3) is 0 Å². The summed E-state index contributed by atoms with van der Waals surface area (Å²) in [6.07, 6.45) is 0. The van der Waals surface area contributed by atoms with E-state index in [1.165, 1.54) is 13.2 Å². The molecular weight excluding hydrogens is 310 g/mol. The number of anilines is 1. The molecule has 1 heterocycles. The Kier molecular flexibility index (Phi) is 7.64. The van der Waals surface area contributed by atoms with Crippen LogP contribution in [0.15, 0.2) is 12.1 Å². The molecule has 0 saturated carbocycles. The molecular formula is C17H27N3O4. The molecule has 1 fully saturated rings. The number of likely N-dealkylation sites (N-methyl/N-ethyl adjacent to an activating group) is 1. The van der Waals surface area contributed by atoms with E-state index < -0.39 is 10.9 Å². The first-order chi connectivity index (χ1) is 11.5. The Morgan fingerprint density at radius 1 is 1.25 bits per heavy atom. The van der Waals surface area contributed by atoms with Crippen LogP contribution in [0.5, 0.6) is 0 Å². The van der Waals surface area contributed by atoms with Gasteiger partial charge in [-0.05, 0) is 25.1 Å². The molecule has 1 aliphatic rings. The van der Waals surface area contributed by atoms with Crippen LogP contribution in [0.2, 0.25) is 0 Å². The van der Waals surface area contributed by atoms with E-state index in [1.54, 1.807) is 6.07 Å². The highest BCUT2D eigenvalue weighted by Crippen LogP contribution is 2.30. The second-order valence-corrected chi connectivity index (χ2v) is 5.33. The van der Waals surface area contributed by atoms with Gasteiger partial charge in [-0.3, -0.25) is 10.1 Å². The van der Waals surface area contributed by atoms with Crippen LogP contribution in [0.3, 0.4) is 0 Å². The number of benzene rings is 1. The summed E-state index contributed by atoms with van der Waals surface area (Å²) in [6, 6.07) is 3.04. The molecule has 0 unspecified atom stereocenters. The highest BCUT2D eigenvalue weighted by molar-refractivity contribution is 5.95. The van der Waals surface area contributed by atoms with Crippen molar-refractivity contribution in [2.75, 3.05) is 44.7 Å². The molecule has 134 valence electrons. The molecule has 0 N–H and O–H groups in total. The zero-order valence-corrected chi connectivity index (χ0v) is 15.2. The first-order valence-corrected chi connectivity index (χ1v) is 8.32. The summed E-state index contributed by atoms with van der Waals surface area (Å²) in [7, 11) is 1.23. The summed E-state index contributed by atoms with van der Waals surface area (Å²) in [4.78, 5) is 26.9. The summed E-state index contributed by atoms with van der Waals surface area (Å²) < 4.78 is 4.67. The van der Waals surface area contributed by atoms with E-state index in [0.29, 0.717) is 0 Å². The van der Waals surface area contributed by atoms with Crippen LogP contribution in [-0.2, 0) is 4.74 Å². The Morgan fingerprint density at radius 2 is 1.83 bits per heavy atom. The van der Waals surface area contributed by atoms with Gasteiger partial charge in [-0.15, -0.1) is 0 Å². The summed E-state index contributed by atoms with van der Waals surface area (Å²) in [6.45, 7) is 12.5. The maximum atomic E-state index is 11.8. The molecule has 1 saturated heterocycles. The summed E-state index contributed by atoms with van der Waals surface area (Å²) >= 11 is 0. The molecule has 7 heteroatoms.